The van der Waals surface area contributed by atoms with E-state index in [2.05, 4.69) is 20.0 Å². The van der Waals surface area contributed by atoms with Crippen molar-refractivity contribution in [1.82, 2.24) is 24.9 Å². The van der Waals surface area contributed by atoms with E-state index in [0.29, 0.717) is 31.3 Å². The lowest BCUT2D eigenvalue weighted by Gasteiger charge is -2.33. The van der Waals surface area contributed by atoms with Crippen molar-refractivity contribution < 1.29 is 9.32 Å². The first-order chi connectivity index (χ1) is 11.6. The van der Waals surface area contributed by atoms with Crippen LogP contribution >= 0.6 is 11.3 Å². The van der Waals surface area contributed by atoms with Gasteiger partial charge in [-0.05, 0) is 13.0 Å². The lowest BCUT2D eigenvalue weighted by Crippen LogP contribution is -2.47. The largest absolute Gasteiger partial charge is 0.339 e. The molecule has 24 heavy (non-hydrogen) atoms. The predicted molar refractivity (Wildman–Crippen MR) is 91.4 cm³/mol. The van der Waals surface area contributed by atoms with E-state index in [1.807, 2.05) is 24.1 Å². The Morgan fingerprint density at radius 1 is 1.33 bits per heavy atom. The maximum Gasteiger partial charge on any atom is 0.246 e. The first-order valence-corrected chi connectivity index (χ1v) is 8.95. The smallest absolute Gasteiger partial charge is 0.246 e. The van der Waals surface area contributed by atoms with Gasteiger partial charge >= 0.3 is 0 Å². The van der Waals surface area contributed by atoms with Crippen molar-refractivity contribution in [2.75, 3.05) is 26.2 Å². The Balaban J connectivity index is 1.47. The summed E-state index contributed by atoms with van der Waals surface area (Å²) in [6.07, 6.45) is 4.14. The van der Waals surface area contributed by atoms with E-state index in [1.165, 1.54) is 0 Å². The van der Waals surface area contributed by atoms with Gasteiger partial charge in [-0.1, -0.05) is 12.1 Å². The molecule has 0 N–H and O–H groups in total. The minimum Gasteiger partial charge on any atom is -0.339 e. The molecule has 3 rings (SSSR count). The molecule has 0 unspecified atom stereocenters. The molecule has 1 fully saturated rings. The van der Waals surface area contributed by atoms with Crippen LogP contribution in [-0.4, -0.2) is 57.0 Å². The van der Waals surface area contributed by atoms with Gasteiger partial charge in [-0.3, -0.25) is 9.69 Å². The van der Waals surface area contributed by atoms with Crippen LogP contribution in [0.4, 0.5) is 0 Å². The van der Waals surface area contributed by atoms with Gasteiger partial charge in [0.25, 0.3) is 0 Å². The molecule has 128 valence electrons. The maximum absolute atomic E-state index is 12.2. The van der Waals surface area contributed by atoms with Gasteiger partial charge in [0.05, 0.1) is 17.2 Å². The van der Waals surface area contributed by atoms with Gasteiger partial charge in [0.2, 0.25) is 11.8 Å². The summed E-state index contributed by atoms with van der Waals surface area (Å²) >= 11 is 1.58. The zero-order chi connectivity index (χ0) is 16.9. The van der Waals surface area contributed by atoms with E-state index in [0.717, 1.165) is 30.2 Å². The summed E-state index contributed by atoms with van der Waals surface area (Å²) < 4.78 is 5.12. The minimum atomic E-state index is 0.0353. The normalized spacial score (nSPS) is 16.2. The number of amides is 1. The molecular formula is C16H21N5O2S. The number of aryl methyl sites for hydroxylation is 2. The van der Waals surface area contributed by atoms with E-state index >= 15 is 0 Å². The van der Waals surface area contributed by atoms with Gasteiger partial charge < -0.3 is 9.42 Å². The molecule has 1 saturated heterocycles. The third-order valence-electron chi connectivity index (χ3n) is 3.90. The molecule has 1 amide bonds. The average Bonchev–Trinajstić information content (AvgIpc) is 3.22. The molecule has 0 atom stereocenters. The Morgan fingerprint density at radius 2 is 2.12 bits per heavy atom. The van der Waals surface area contributed by atoms with Gasteiger partial charge in [-0.2, -0.15) is 4.98 Å². The van der Waals surface area contributed by atoms with Crippen molar-refractivity contribution in [2.45, 2.75) is 26.8 Å². The predicted octanol–water partition coefficient (Wildman–Crippen LogP) is 1.75. The van der Waals surface area contributed by atoms with Gasteiger partial charge in [0.15, 0.2) is 5.82 Å². The van der Waals surface area contributed by atoms with Crippen molar-refractivity contribution in [3.05, 3.63) is 33.9 Å². The van der Waals surface area contributed by atoms with Gasteiger partial charge in [-0.25, -0.2) is 4.98 Å². The van der Waals surface area contributed by atoms with Crippen LogP contribution in [0.5, 0.6) is 0 Å². The van der Waals surface area contributed by atoms with Gasteiger partial charge in [-0.15, -0.1) is 11.3 Å². The fourth-order valence-electron chi connectivity index (χ4n) is 2.54. The Morgan fingerprint density at radius 3 is 2.75 bits per heavy atom. The summed E-state index contributed by atoms with van der Waals surface area (Å²) in [7, 11) is 0. The third-order valence-corrected chi connectivity index (χ3v) is 4.69. The zero-order valence-electron chi connectivity index (χ0n) is 13.9. The van der Waals surface area contributed by atoms with E-state index in [-0.39, 0.29) is 5.91 Å². The average molecular weight is 347 g/mol. The number of carbonyl (C=O) groups excluding carboxylic acids is 1. The van der Waals surface area contributed by atoms with Crippen LogP contribution in [0.15, 0.2) is 16.0 Å². The molecule has 1 aliphatic heterocycles. The minimum absolute atomic E-state index is 0.0353. The molecule has 0 aromatic carbocycles. The highest BCUT2D eigenvalue weighted by Gasteiger charge is 2.21. The number of rotatable bonds is 5. The monoisotopic (exact) mass is 347 g/mol. The third kappa shape index (κ3) is 4.27. The molecule has 0 bridgehead atoms. The fraction of sp³-hybridized carbons (Fsp3) is 0.500. The number of aromatic nitrogens is 3. The Labute approximate surface area is 145 Å². The molecule has 3 heterocycles. The summed E-state index contributed by atoms with van der Waals surface area (Å²) in [5, 5.41) is 6.93. The lowest BCUT2D eigenvalue weighted by molar-refractivity contribution is -0.127. The second-order valence-electron chi connectivity index (χ2n) is 5.68. The van der Waals surface area contributed by atoms with Crippen LogP contribution in [0.25, 0.3) is 6.08 Å². The number of piperazine rings is 1. The standard InChI is InChI=1S/C16H21N5O2S/c1-3-15-18-14(19-23-15)10-20-6-8-21(9-7-20)16(22)5-4-13-11-24-12(2)17-13/h4-5,11H,3,6-10H2,1-2H3. The van der Waals surface area contributed by atoms with Crippen molar-refractivity contribution >= 4 is 23.3 Å². The second-order valence-corrected chi connectivity index (χ2v) is 6.75. The molecule has 0 radical (unpaired) electrons. The van der Waals surface area contributed by atoms with Crippen molar-refractivity contribution in [3.63, 3.8) is 0 Å². The summed E-state index contributed by atoms with van der Waals surface area (Å²) in [5.74, 6) is 1.42. The Hall–Kier alpha value is -2.06. The zero-order valence-corrected chi connectivity index (χ0v) is 14.8. The van der Waals surface area contributed by atoms with Crippen LogP contribution in [0, 0.1) is 6.92 Å². The first kappa shape index (κ1) is 16.8. The summed E-state index contributed by atoms with van der Waals surface area (Å²) in [5.41, 5.74) is 0.841. The Bertz CT molecular complexity index is 716. The Kier molecular flexibility index (Phi) is 5.37. The molecule has 2 aromatic heterocycles. The highest BCUT2D eigenvalue weighted by atomic mass is 32.1. The number of carbonyl (C=O) groups is 1. The van der Waals surface area contributed by atoms with E-state index < -0.39 is 0 Å². The number of thiazole rings is 1. The molecule has 0 aliphatic carbocycles. The maximum atomic E-state index is 12.2. The molecule has 0 saturated carbocycles. The van der Waals surface area contributed by atoms with E-state index in [4.69, 9.17) is 4.52 Å². The number of hydrogen-bond donors (Lipinski definition) is 0. The number of hydrogen-bond acceptors (Lipinski definition) is 7. The molecular weight excluding hydrogens is 326 g/mol. The van der Waals surface area contributed by atoms with Gasteiger partial charge in [0, 0.05) is 44.1 Å². The number of nitrogens with zero attached hydrogens (tertiary/aromatic N) is 5. The quantitative estimate of drug-likeness (QED) is 0.767. The summed E-state index contributed by atoms with van der Waals surface area (Å²) in [4.78, 5) is 25.0. The van der Waals surface area contributed by atoms with Crippen LogP contribution < -0.4 is 0 Å². The fourth-order valence-corrected chi connectivity index (χ4v) is 3.12. The second kappa shape index (κ2) is 7.67. The molecule has 2 aromatic rings. The summed E-state index contributed by atoms with van der Waals surface area (Å²) in [6.45, 7) is 7.64. The van der Waals surface area contributed by atoms with Gasteiger partial charge in [0.1, 0.15) is 0 Å². The van der Waals surface area contributed by atoms with E-state index in [1.54, 1.807) is 23.5 Å². The highest BCUT2D eigenvalue weighted by molar-refractivity contribution is 7.09. The van der Waals surface area contributed by atoms with Crippen LogP contribution in [0.2, 0.25) is 0 Å². The SMILES string of the molecule is CCc1nc(CN2CCN(C(=O)C=Cc3csc(C)n3)CC2)no1. The van der Waals surface area contributed by atoms with Crippen LogP contribution in [0.1, 0.15) is 29.3 Å². The van der Waals surface area contributed by atoms with Crippen LogP contribution in [0.3, 0.4) is 0 Å². The molecule has 8 heteroatoms. The molecule has 0 spiro atoms. The lowest BCUT2D eigenvalue weighted by atomic mass is 10.3. The highest BCUT2D eigenvalue weighted by Crippen LogP contribution is 2.11. The molecule has 7 nitrogen and oxygen atoms in total. The van der Waals surface area contributed by atoms with E-state index in [9.17, 15) is 4.79 Å². The van der Waals surface area contributed by atoms with Crippen molar-refractivity contribution in [3.8, 4) is 0 Å². The summed E-state index contributed by atoms with van der Waals surface area (Å²) in [6, 6.07) is 0. The molecule has 1 aliphatic rings. The van der Waals surface area contributed by atoms with Crippen molar-refractivity contribution in [2.24, 2.45) is 0 Å². The topological polar surface area (TPSA) is 75.4 Å². The van der Waals surface area contributed by atoms with Crippen LogP contribution in [-0.2, 0) is 17.8 Å². The van der Waals surface area contributed by atoms with Crippen molar-refractivity contribution in [1.29, 1.82) is 0 Å². The first-order valence-electron chi connectivity index (χ1n) is 8.07.